The highest BCUT2D eigenvalue weighted by atomic mass is 32.2. The Morgan fingerprint density at radius 1 is 1.38 bits per heavy atom. The summed E-state index contributed by atoms with van der Waals surface area (Å²) >= 11 is 1.81. The minimum atomic E-state index is 0.00826. The Balaban J connectivity index is 1.82. The maximum absolute atomic E-state index is 11.9. The smallest absolute Gasteiger partial charge is 0.222 e. The Kier molecular flexibility index (Phi) is 5.80. The predicted octanol–water partition coefficient (Wildman–Crippen LogP) is 2.66. The van der Waals surface area contributed by atoms with Crippen molar-refractivity contribution in [1.82, 2.24) is 20.1 Å². The van der Waals surface area contributed by atoms with E-state index in [2.05, 4.69) is 46.6 Å². The van der Waals surface area contributed by atoms with Gasteiger partial charge in [-0.15, -0.1) is 11.8 Å². The van der Waals surface area contributed by atoms with Crippen LogP contribution in [0.3, 0.4) is 0 Å². The van der Waals surface area contributed by atoms with Gasteiger partial charge in [0.05, 0.1) is 12.6 Å². The van der Waals surface area contributed by atoms with Crippen LogP contribution in [0.15, 0.2) is 41.8 Å². The molecule has 1 atom stereocenters. The van der Waals surface area contributed by atoms with Gasteiger partial charge >= 0.3 is 0 Å². The monoisotopic (exact) mass is 304 g/mol. The van der Waals surface area contributed by atoms with Crippen molar-refractivity contribution in [2.24, 2.45) is 0 Å². The molecule has 2 rings (SSSR count). The lowest BCUT2D eigenvalue weighted by Crippen LogP contribution is -2.27. The van der Waals surface area contributed by atoms with Crippen molar-refractivity contribution in [2.45, 2.75) is 37.8 Å². The molecule has 0 radical (unpaired) electrons. The second-order valence-electron chi connectivity index (χ2n) is 4.70. The molecule has 1 N–H and O–H groups in total. The molecule has 1 aromatic carbocycles. The van der Waals surface area contributed by atoms with Crippen molar-refractivity contribution in [3.8, 4) is 0 Å². The predicted molar refractivity (Wildman–Crippen MR) is 84.0 cm³/mol. The Hall–Kier alpha value is -1.82. The van der Waals surface area contributed by atoms with Crippen molar-refractivity contribution in [1.29, 1.82) is 0 Å². The van der Waals surface area contributed by atoms with E-state index in [9.17, 15) is 4.79 Å². The number of carbonyl (C=O) groups is 1. The van der Waals surface area contributed by atoms with E-state index in [0.29, 0.717) is 13.0 Å². The van der Waals surface area contributed by atoms with Gasteiger partial charge in [-0.1, -0.05) is 19.1 Å². The molecule has 0 saturated heterocycles. The van der Waals surface area contributed by atoms with Crippen LogP contribution in [-0.4, -0.2) is 26.4 Å². The Bertz CT molecular complexity index is 554. The quantitative estimate of drug-likeness (QED) is 0.799. The van der Waals surface area contributed by atoms with E-state index in [-0.39, 0.29) is 11.9 Å². The molecular formula is C15H20N4OS. The van der Waals surface area contributed by atoms with Gasteiger partial charge in [0.15, 0.2) is 0 Å². The molecule has 0 saturated carbocycles. The molecule has 5 nitrogen and oxygen atoms in total. The first-order valence-corrected chi connectivity index (χ1v) is 8.02. The number of thioether (sulfide) groups is 1. The highest BCUT2D eigenvalue weighted by Crippen LogP contribution is 2.20. The normalized spacial score (nSPS) is 12.1. The molecule has 0 unspecified atom stereocenters. The fourth-order valence-electron chi connectivity index (χ4n) is 1.98. The molecule has 0 spiro atoms. The van der Waals surface area contributed by atoms with Crippen molar-refractivity contribution in [3.63, 3.8) is 0 Å². The van der Waals surface area contributed by atoms with Crippen LogP contribution in [0.4, 0.5) is 0 Å². The zero-order valence-electron chi connectivity index (χ0n) is 12.3. The topological polar surface area (TPSA) is 59.8 Å². The molecule has 0 fully saturated rings. The second-order valence-corrected chi connectivity index (χ2v) is 6.04. The van der Waals surface area contributed by atoms with Crippen LogP contribution >= 0.6 is 11.8 Å². The van der Waals surface area contributed by atoms with E-state index in [4.69, 9.17) is 0 Å². The summed E-state index contributed by atoms with van der Waals surface area (Å²) in [5.41, 5.74) is 1.12. The molecule has 21 heavy (non-hydrogen) atoms. The van der Waals surface area contributed by atoms with Crippen LogP contribution in [0.1, 0.15) is 31.9 Å². The van der Waals surface area contributed by atoms with Crippen molar-refractivity contribution in [3.05, 3.63) is 42.5 Å². The lowest BCUT2D eigenvalue weighted by atomic mass is 10.1. The maximum Gasteiger partial charge on any atom is 0.222 e. The van der Waals surface area contributed by atoms with Gasteiger partial charge in [0.2, 0.25) is 5.91 Å². The van der Waals surface area contributed by atoms with Crippen molar-refractivity contribution in [2.75, 3.05) is 5.75 Å². The Morgan fingerprint density at radius 3 is 2.76 bits per heavy atom. The Labute approximate surface area is 129 Å². The molecule has 6 heteroatoms. The number of benzene rings is 1. The number of aryl methyl sites for hydroxylation is 1. The molecule has 0 bridgehead atoms. The van der Waals surface area contributed by atoms with Crippen LogP contribution in [-0.2, 0) is 11.3 Å². The SMILES string of the molecule is CCSc1ccc([C@@H](C)NC(=O)CCn2cncn2)cc1. The number of rotatable bonds is 7. The maximum atomic E-state index is 11.9. The summed E-state index contributed by atoms with van der Waals surface area (Å²) in [4.78, 5) is 17.0. The molecular weight excluding hydrogens is 284 g/mol. The average molecular weight is 304 g/mol. The number of amides is 1. The first-order valence-electron chi connectivity index (χ1n) is 7.03. The summed E-state index contributed by atoms with van der Waals surface area (Å²) in [6, 6.07) is 8.35. The number of nitrogens with one attached hydrogen (secondary N) is 1. The van der Waals surface area contributed by atoms with Gasteiger partial charge in [0.25, 0.3) is 0 Å². The first kappa shape index (κ1) is 15.6. The number of hydrogen-bond acceptors (Lipinski definition) is 4. The fourth-order valence-corrected chi connectivity index (χ4v) is 2.64. The van der Waals surface area contributed by atoms with Gasteiger partial charge in [-0.25, -0.2) is 4.98 Å². The van der Waals surface area contributed by atoms with Gasteiger partial charge in [-0.3, -0.25) is 9.48 Å². The van der Waals surface area contributed by atoms with Gasteiger partial charge in [0, 0.05) is 11.3 Å². The van der Waals surface area contributed by atoms with Crippen molar-refractivity contribution >= 4 is 17.7 Å². The largest absolute Gasteiger partial charge is 0.350 e. The Morgan fingerprint density at radius 2 is 2.14 bits per heavy atom. The van der Waals surface area contributed by atoms with E-state index >= 15 is 0 Å². The van der Waals surface area contributed by atoms with E-state index < -0.39 is 0 Å². The zero-order chi connectivity index (χ0) is 15.1. The van der Waals surface area contributed by atoms with Crippen molar-refractivity contribution < 1.29 is 4.79 Å². The molecule has 1 heterocycles. The van der Waals surface area contributed by atoms with E-state index in [1.807, 2.05) is 18.7 Å². The molecule has 1 amide bonds. The van der Waals surface area contributed by atoms with Gasteiger partial charge in [0.1, 0.15) is 12.7 Å². The third-order valence-electron chi connectivity index (χ3n) is 3.10. The highest BCUT2D eigenvalue weighted by Gasteiger charge is 2.09. The number of hydrogen-bond donors (Lipinski definition) is 1. The van der Waals surface area contributed by atoms with Crippen LogP contribution in [0, 0.1) is 0 Å². The minimum Gasteiger partial charge on any atom is -0.350 e. The van der Waals surface area contributed by atoms with Crippen LogP contribution in [0.5, 0.6) is 0 Å². The average Bonchev–Trinajstić information content (AvgIpc) is 2.99. The second kappa shape index (κ2) is 7.83. The standard InChI is InChI=1S/C15H20N4OS/c1-3-21-14-6-4-13(5-7-14)12(2)18-15(20)8-9-19-11-16-10-17-19/h4-7,10-12H,3,8-9H2,1-2H3,(H,18,20)/t12-/m1/s1. The van der Waals surface area contributed by atoms with Crippen LogP contribution in [0.2, 0.25) is 0 Å². The minimum absolute atomic E-state index is 0.00826. The van der Waals surface area contributed by atoms with E-state index in [0.717, 1.165) is 11.3 Å². The number of carbonyl (C=O) groups excluding carboxylic acids is 1. The number of aromatic nitrogens is 3. The summed E-state index contributed by atoms with van der Waals surface area (Å²) in [6.45, 7) is 4.68. The van der Waals surface area contributed by atoms with Gasteiger partial charge < -0.3 is 5.32 Å². The van der Waals surface area contributed by atoms with Gasteiger partial charge in [-0.2, -0.15) is 5.10 Å². The summed E-state index contributed by atoms with van der Waals surface area (Å²) in [7, 11) is 0. The highest BCUT2D eigenvalue weighted by molar-refractivity contribution is 7.99. The molecule has 0 aliphatic heterocycles. The molecule has 1 aromatic heterocycles. The zero-order valence-corrected chi connectivity index (χ0v) is 13.1. The summed E-state index contributed by atoms with van der Waals surface area (Å²) in [6.07, 6.45) is 3.48. The third-order valence-corrected chi connectivity index (χ3v) is 4.00. The number of nitrogens with zero attached hydrogens (tertiary/aromatic N) is 3. The van der Waals surface area contributed by atoms with Gasteiger partial charge in [-0.05, 0) is 30.4 Å². The van der Waals surface area contributed by atoms with Crippen LogP contribution in [0.25, 0.3) is 0 Å². The summed E-state index contributed by atoms with van der Waals surface area (Å²) < 4.78 is 1.65. The third kappa shape index (κ3) is 4.90. The molecule has 2 aromatic rings. The summed E-state index contributed by atoms with van der Waals surface area (Å²) in [5.74, 6) is 1.08. The lowest BCUT2D eigenvalue weighted by Gasteiger charge is -2.14. The van der Waals surface area contributed by atoms with E-state index in [1.165, 1.54) is 11.2 Å². The molecule has 0 aliphatic rings. The van der Waals surface area contributed by atoms with E-state index in [1.54, 1.807) is 11.0 Å². The molecule has 0 aliphatic carbocycles. The first-order chi connectivity index (χ1) is 10.2. The fraction of sp³-hybridized carbons (Fsp3) is 0.400. The lowest BCUT2D eigenvalue weighted by molar-refractivity contribution is -0.122. The van der Waals surface area contributed by atoms with Crippen LogP contribution < -0.4 is 5.32 Å². The molecule has 112 valence electrons. The summed E-state index contributed by atoms with van der Waals surface area (Å²) in [5, 5.41) is 6.98.